The van der Waals surface area contributed by atoms with E-state index in [2.05, 4.69) is 0 Å². The zero-order chi connectivity index (χ0) is 9.83. The van der Waals surface area contributed by atoms with Crippen molar-refractivity contribution in [2.24, 2.45) is 5.73 Å². The smallest absolute Gasteiger partial charge is 0.150 e. The maximum atomic E-state index is 11.0. The van der Waals surface area contributed by atoms with E-state index in [0.29, 0.717) is 6.42 Å². The van der Waals surface area contributed by atoms with Crippen molar-refractivity contribution in [2.75, 3.05) is 11.5 Å². The van der Waals surface area contributed by atoms with E-state index in [1.54, 1.807) is 6.92 Å². The molecule has 0 radical (unpaired) electrons. The minimum atomic E-state index is -2.80. The van der Waals surface area contributed by atoms with E-state index in [1.807, 2.05) is 13.8 Å². The van der Waals surface area contributed by atoms with Crippen molar-refractivity contribution in [2.45, 2.75) is 39.2 Å². The first-order valence-corrected chi connectivity index (χ1v) is 6.08. The molecule has 0 unspecified atom stereocenters. The molecule has 0 fully saturated rings. The zero-order valence-electron chi connectivity index (χ0n) is 8.13. The van der Waals surface area contributed by atoms with Crippen LogP contribution in [0.15, 0.2) is 0 Å². The third-order valence-corrected chi connectivity index (χ3v) is 3.51. The number of hydrogen-bond acceptors (Lipinski definition) is 3. The SMILES string of the molecule is CCS(=O)(=O)CCCC(C)(C)N. The van der Waals surface area contributed by atoms with Gasteiger partial charge in [0.15, 0.2) is 0 Å². The molecule has 0 aromatic carbocycles. The molecule has 0 rings (SSSR count). The fourth-order valence-corrected chi connectivity index (χ4v) is 1.76. The van der Waals surface area contributed by atoms with Crippen molar-refractivity contribution in [3.8, 4) is 0 Å². The Morgan fingerprint density at radius 3 is 2.17 bits per heavy atom. The van der Waals surface area contributed by atoms with Crippen molar-refractivity contribution in [3.05, 3.63) is 0 Å². The Bertz CT molecular complexity index is 214. The van der Waals surface area contributed by atoms with E-state index in [4.69, 9.17) is 5.73 Å². The summed E-state index contributed by atoms with van der Waals surface area (Å²) in [6.07, 6.45) is 1.42. The van der Waals surface area contributed by atoms with Crippen molar-refractivity contribution in [3.63, 3.8) is 0 Å². The van der Waals surface area contributed by atoms with Gasteiger partial charge in [-0.1, -0.05) is 6.92 Å². The van der Waals surface area contributed by atoms with Gasteiger partial charge in [-0.05, 0) is 26.7 Å². The average molecular weight is 193 g/mol. The average Bonchev–Trinajstić information content (AvgIpc) is 1.84. The number of hydrogen-bond donors (Lipinski definition) is 1. The molecule has 0 aliphatic heterocycles. The lowest BCUT2D eigenvalue weighted by atomic mass is 10.0. The fraction of sp³-hybridized carbons (Fsp3) is 1.00. The van der Waals surface area contributed by atoms with E-state index in [9.17, 15) is 8.42 Å². The minimum Gasteiger partial charge on any atom is -0.326 e. The standard InChI is InChI=1S/C8H19NO2S/c1-4-12(10,11)7-5-6-8(2,3)9/h4-7,9H2,1-3H3. The van der Waals surface area contributed by atoms with Crippen LogP contribution in [0.5, 0.6) is 0 Å². The van der Waals surface area contributed by atoms with E-state index in [-0.39, 0.29) is 17.0 Å². The molecule has 0 saturated carbocycles. The fourth-order valence-electron chi connectivity index (χ4n) is 0.892. The largest absolute Gasteiger partial charge is 0.326 e. The summed E-state index contributed by atoms with van der Waals surface area (Å²) < 4.78 is 22.1. The lowest BCUT2D eigenvalue weighted by Gasteiger charge is -2.17. The van der Waals surface area contributed by atoms with Crippen LogP contribution in [0, 0.1) is 0 Å². The summed E-state index contributed by atoms with van der Waals surface area (Å²) in [5.41, 5.74) is 5.46. The summed E-state index contributed by atoms with van der Waals surface area (Å²) in [6.45, 7) is 5.49. The zero-order valence-corrected chi connectivity index (χ0v) is 8.95. The highest BCUT2D eigenvalue weighted by atomic mass is 32.2. The first-order chi connectivity index (χ1) is 5.27. The Hall–Kier alpha value is -0.0900. The molecule has 4 heteroatoms. The van der Waals surface area contributed by atoms with Crippen molar-refractivity contribution in [1.82, 2.24) is 0 Å². The van der Waals surface area contributed by atoms with Crippen LogP contribution in [0.2, 0.25) is 0 Å². The summed E-state index contributed by atoms with van der Waals surface area (Å²) in [7, 11) is -2.80. The maximum absolute atomic E-state index is 11.0. The normalized spacial score (nSPS) is 13.3. The van der Waals surface area contributed by atoms with Crippen molar-refractivity contribution < 1.29 is 8.42 Å². The highest BCUT2D eigenvalue weighted by Crippen LogP contribution is 2.08. The van der Waals surface area contributed by atoms with Crippen molar-refractivity contribution >= 4 is 9.84 Å². The Morgan fingerprint density at radius 2 is 1.83 bits per heavy atom. The monoisotopic (exact) mass is 193 g/mol. The van der Waals surface area contributed by atoms with Gasteiger partial charge in [-0.25, -0.2) is 8.42 Å². The van der Waals surface area contributed by atoms with E-state index in [0.717, 1.165) is 6.42 Å². The van der Waals surface area contributed by atoms with Gasteiger partial charge >= 0.3 is 0 Å². The Morgan fingerprint density at radius 1 is 1.33 bits per heavy atom. The second-order valence-electron chi connectivity index (χ2n) is 3.83. The summed E-state index contributed by atoms with van der Waals surface area (Å²) >= 11 is 0. The maximum Gasteiger partial charge on any atom is 0.150 e. The van der Waals surface area contributed by atoms with E-state index in [1.165, 1.54) is 0 Å². The van der Waals surface area contributed by atoms with Gasteiger partial charge in [-0.15, -0.1) is 0 Å². The summed E-state index contributed by atoms with van der Waals surface area (Å²) in [6, 6.07) is 0. The molecule has 0 atom stereocenters. The van der Waals surface area contributed by atoms with Crippen molar-refractivity contribution in [1.29, 1.82) is 0 Å². The van der Waals surface area contributed by atoms with Crippen LogP contribution < -0.4 is 5.73 Å². The Kier molecular flexibility index (Phi) is 4.20. The van der Waals surface area contributed by atoms with Gasteiger partial charge in [0.25, 0.3) is 0 Å². The van der Waals surface area contributed by atoms with Gasteiger partial charge < -0.3 is 5.73 Å². The molecule has 0 amide bonds. The van der Waals surface area contributed by atoms with Crippen LogP contribution in [0.25, 0.3) is 0 Å². The first-order valence-electron chi connectivity index (χ1n) is 4.26. The molecule has 0 aromatic rings. The van der Waals surface area contributed by atoms with E-state index >= 15 is 0 Å². The minimum absolute atomic E-state index is 0.234. The van der Waals surface area contributed by atoms with Gasteiger partial charge in [0.2, 0.25) is 0 Å². The van der Waals surface area contributed by atoms with Crippen LogP contribution >= 0.6 is 0 Å². The topological polar surface area (TPSA) is 60.2 Å². The van der Waals surface area contributed by atoms with Gasteiger partial charge in [0.1, 0.15) is 9.84 Å². The lowest BCUT2D eigenvalue weighted by Crippen LogP contribution is -2.32. The third-order valence-electron chi connectivity index (χ3n) is 1.72. The molecule has 0 aliphatic carbocycles. The highest BCUT2D eigenvalue weighted by molar-refractivity contribution is 7.91. The number of sulfone groups is 1. The summed E-state index contributed by atoms with van der Waals surface area (Å²) in [4.78, 5) is 0. The predicted octanol–water partition coefficient (Wildman–Crippen LogP) is 0.939. The molecule has 74 valence electrons. The van der Waals surface area contributed by atoms with Crippen LogP contribution in [-0.2, 0) is 9.84 Å². The van der Waals surface area contributed by atoms with Gasteiger partial charge in [-0.2, -0.15) is 0 Å². The molecule has 0 aliphatic rings. The Labute approximate surface area is 75.3 Å². The van der Waals surface area contributed by atoms with Crippen LogP contribution in [0.3, 0.4) is 0 Å². The van der Waals surface area contributed by atoms with Crippen LogP contribution in [-0.4, -0.2) is 25.5 Å². The van der Waals surface area contributed by atoms with E-state index < -0.39 is 9.84 Å². The molecule has 3 nitrogen and oxygen atoms in total. The molecular formula is C8H19NO2S. The molecule has 0 spiro atoms. The number of nitrogens with two attached hydrogens (primary N) is 1. The summed E-state index contributed by atoms with van der Waals surface area (Å²) in [5, 5.41) is 0. The summed E-state index contributed by atoms with van der Waals surface area (Å²) in [5.74, 6) is 0.502. The molecule has 0 bridgehead atoms. The predicted molar refractivity (Wildman–Crippen MR) is 51.8 cm³/mol. The molecule has 2 N–H and O–H groups in total. The molecule has 12 heavy (non-hydrogen) atoms. The number of rotatable bonds is 5. The highest BCUT2D eigenvalue weighted by Gasteiger charge is 2.13. The lowest BCUT2D eigenvalue weighted by molar-refractivity contribution is 0.469. The van der Waals surface area contributed by atoms with Crippen LogP contribution in [0.1, 0.15) is 33.6 Å². The molecule has 0 saturated heterocycles. The second kappa shape index (κ2) is 4.23. The van der Waals surface area contributed by atoms with Gasteiger partial charge in [0, 0.05) is 11.3 Å². The molecule has 0 heterocycles. The third kappa shape index (κ3) is 6.61. The quantitative estimate of drug-likeness (QED) is 0.707. The first kappa shape index (κ1) is 11.9. The van der Waals surface area contributed by atoms with Gasteiger partial charge in [-0.3, -0.25) is 0 Å². The molecular weight excluding hydrogens is 174 g/mol. The Balaban J connectivity index is 3.73. The van der Waals surface area contributed by atoms with Crippen LogP contribution in [0.4, 0.5) is 0 Å². The second-order valence-corrected chi connectivity index (χ2v) is 6.30. The molecule has 0 aromatic heterocycles. The van der Waals surface area contributed by atoms with Gasteiger partial charge in [0.05, 0.1) is 5.75 Å².